The first kappa shape index (κ1) is 19.0. The average molecular weight is 397 g/mol. The van der Waals surface area contributed by atoms with Crippen molar-refractivity contribution in [2.75, 3.05) is 19.6 Å². The second-order valence-corrected chi connectivity index (χ2v) is 7.81. The minimum absolute atomic E-state index is 0. The molecule has 28 heavy (non-hydrogen) atoms. The molecule has 2 aromatic carbocycles. The summed E-state index contributed by atoms with van der Waals surface area (Å²) in [5, 5.41) is 1.18. The van der Waals surface area contributed by atoms with Crippen molar-refractivity contribution in [3.63, 3.8) is 0 Å². The summed E-state index contributed by atoms with van der Waals surface area (Å²) in [5.41, 5.74) is 3.03. The van der Waals surface area contributed by atoms with Crippen molar-refractivity contribution in [1.29, 1.82) is 0 Å². The lowest BCUT2D eigenvalue weighted by molar-refractivity contribution is 0.0709. The van der Waals surface area contributed by atoms with E-state index in [2.05, 4.69) is 23.1 Å². The van der Waals surface area contributed by atoms with Crippen LogP contribution in [0.1, 0.15) is 34.5 Å². The molecular weight excluding hydrogens is 372 g/mol. The van der Waals surface area contributed by atoms with Crippen LogP contribution in [0.3, 0.4) is 0 Å². The molecule has 1 amide bonds. The number of benzene rings is 2. The Labute approximate surface area is 171 Å². The molecule has 4 nitrogen and oxygen atoms in total. The summed E-state index contributed by atoms with van der Waals surface area (Å²) in [6, 6.07) is 18.3. The molecular formula is C23H25ClN2O2. The maximum atomic E-state index is 12.6. The number of halogens is 1. The number of furan rings is 1. The van der Waals surface area contributed by atoms with Crippen LogP contribution in [0.15, 0.2) is 59.0 Å². The van der Waals surface area contributed by atoms with Gasteiger partial charge < -0.3 is 9.32 Å². The van der Waals surface area contributed by atoms with Gasteiger partial charge in [-0.1, -0.05) is 36.4 Å². The van der Waals surface area contributed by atoms with Gasteiger partial charge in [0.1, 0.15) is 11.3 Å². The van der Waals surface area contributed by atoms with Crippen LogP contribution in [0, 0.1) is 5.92 Å². The first-order valence-electron chi connectivity index (χ1n) is 9.83. The van der Waals surface area contributed by atoms with E-state index in [9.17, 15) is 4.79 Å². The second-order valence-electron chi connectivity index (χ2n) is 7.81. The lowest BCUT2D eigenvalue weighted by atomic mass is 9.96. The number of fused-ring (bicyclic) bond motifs is 2. The van der Waals surface area contributed by atoms with Crippen LogP contribution in [-0.4, -0.2) is 35.3 Å². The van der Waals surface area contributed by atoms with E-state index in [0.29, 0.717) is 5.92 Å². The van der Waals surface area contributed by atoms with E-state index in [4.69, 9.17) is 4.42 Å². The molecule has 0 saturated carbocycles. The highest BCUT2D eigenvalue weighted by molar-refractivity contribution is 5.98. The third-order valence-corrected chi connectivity index (χ3v) is 5.94. The molecule has 146 valence electrons. The maximum absolute atomic E-state index is 12.6. The molecule has 1 saturated heterocycles. The van der Waals surface area contributed by atoms with Gasteiger partial charge in [-0.05, 0) is 55.6 Å². The van der Waals surface area contributed by atoms with Crippen molar-refractivity contribution in [2.24, 2.45) is 5.92 Å². The highest BCUT2D eigenvalue weighted by atomic mass is 35.5. The van der Waals surface area contributed by atoms with Crippen LogP contribution in [0.5, 0.6) is 0 Å². The highest BCUT2D eigenvalue weighted by Crippen LogP contribution is 2.27. The summed E-state index contributed by atoms with van der Waals surface area (Å²) in [5.74, 6) is 1.84. The monoisotopic (exact) mass is 396 g/mol. The fourth-order valence-electron chi connectivity index (χ4n) is 4.44. The SMILES string of the molecule is Cl.O=C1c2ccccc2CN1CC1CCN(Cc2cc3ccccc3o2)CC1. The summed E-state index contributed by atoms with van der Waals surface area (Å²) < 4.78 is 5.96. The van der Waals surface area contributed by atoms with E-state index in [-0.39, 0.29) is 18.3 Å². The Bertz CT molecular complexity index is 942. The predicted octanol–water partition coefficient (Wildman–Crippen LogP) is 4.72. The largest absolute Gasteiger partial charge is 0.460 e. The average Bonchev–Trinajstić information content (AvgIpc) is 3.24. The fourth-order valence-corrected chi connectivity index (χ4v) is 4.44. The van der Waals surface area contributed by atoms with Crippen molar-refractivity contribution < 1.29 is 9.21 Å². The number of hydrogen-bond acceptors (Lipinski definition) is 3. The van der Waals surface area contributed by atoms with Crippen LogP contribution in [0.25, 0.3) is 11.0 Å². The zero-order valence-corrected chi connectivity index (χ0v) is 16.7. The van der Waals surface area contributed by atoms with Gasteiger partial charge in [-0.15, -0.1) is 12.4 Å². The van der Waals surface area contributed by atoms with Crippen molar-refractivity contribution >= 4 is 29.3 Å². The summed E-state index contributed by atoms with van der Waals surface area (Å²) >= 11 is 0. The van der Waals surface area contributed by atoms with Crippen LogP contribution in [0.4, 0.5) is 0 Å². The topological polar surface area (TPSA) is 36.7 Å². The molecule has 2 aliphatic rings. The number of hydrogen-bond donors (Lipinski definition) is 0. The normalized spacial score (nSPS) is 17.7. The lowest BCUT2D eigenvalue weighted by Gasteiger charge is -2.33. The Morgan fingerprint density at radius 2 is 1.75 bits per heavy atom. The zero-order chi connectivity index (χ0) is 18.2. The van der Waals surface area contributed by atoms with Crippen LogP contribution < -0.4 is 0 Å². The van der Waals surface area contributed by atoms with E-state index < -0.39 is 0 Å². The molecule has 0 atom stereocenters. The van der Waals surface area contributed by atoms with Crippen molar-refractivity contribution in [2.45, 2.75) is 25.9 Å². The Kier molecular flexibility index (Phi) is 5.42. The number of carbonyl (C=O) groups is 1. The van der Waals surface area contributed by atoms with Gasteiger partial charge in [0, 0.05) is 24.0 Å². The number of para-hydroxylation sites is 1. The molecule has 2 aliphatic heterocycles. The third kappa shape index (κ3) is 3.67. The first-order chi connectivity index (χ1) is 13.3. The summed E-state index contributed by atoms with van der Waals surface area (Å²) in [6.45, 7) is 4.66. The number of amides is 1. The van der Waals surface area contributed by atoms with Gasteiger partial charge in [-0.25, -0.2) is 0 Å². The van der Waals surface area contributed by atoms with Gasteiger partial charge in [0.15, 0.2) is 0 Å². The molecule has 1 fully saturated rings. The molecule has 0 radical (unpaired) electrons. The van der Waals surface area contributed by atoms with Gasteiger partial charge >= 0.3 is 0 Å². The summed E-state index contributed by atoms with van der Waals surface area (Å²) in [6.07, 6.45) is 2.28. The number of carbonyl (C=O) groups excluding carboxylic acids is 1. The summed E-state index contributed by atoms with van der Waals surface area (Å²) in [7, 11) is 0. The van der Waals surface area contributed by atoms with Crippen LogP contribution >= 0.6 is 12.4 Å². The van der Waals surface area contributed by atoms with Gasteiger partial charge in [-0.3, -0.25) is 9.69 Å². The van der Waals surface area contributed by atoms with Crippen molar-refractivity contribution in [3.8, 4) is 0 Å². The molecule has 3 aromatic rings. The van der Waals surface area contributed by atoms with Crippen molar-refractivity contribution in [1.82, 2.24) is 9.80 Å². The standard InChI is InChI=1S/C23H24N2O2.ClH/c26-23-21-7-3-1-6-19(21)15-25(23)14-17-9-11-24(12-10-17)16-20-13-18-5-2-4-8-22(18)27-20;/h1-8,13,17H,9-12,14-16H2;1H. The molecule has 0 aliphatic carbocycles. The van der Waals surface area contributed by atoms with Gasteiger partial charge in [0.25, 0.3) is 5.91 Å². The van der Waals surface area contributed by atoms with Crippen LogP contribution in [0.2, 0.25) is 0 Å². The minimum Gasteiger partial charge on any atom is -0.460 e. The minimum atomic E-state index is 0. The summed E-state index contributed by atoms with van der Waals surface area (Å²) in [4.78, 5) is 17.1. The van der Waals surface area contributed by atoms with E-state index in [1.54, 1.807) is 0 Å². The van der Waals surface area contributed by atoms with E-state index >= 15 is 0 Å². The predicted molar refractivity (Wildman–Crippen MR) is 113 cm³/mol. The molecule has 0 unspecified atom stereocenters. The molecule has 0 spiro atoms. The first-order valence-corrected chi connectivity index (χ1v) is 9.83. The Hall–Kier alpha value is -2.30. The van der Waals surface area contributed by atoms with E-state index in [0.717, 1.165) is 62.5 Å². The molecule has 1 aromatic heterocycles. The van der Waals surface area contributed by atoms with Crippen LogP contribution in [-0.2, 0) is 13.1 Å². The van der Waals surface area contributed by atoms with Gasteiger partial charge in [-0.2, -0.15) is 0 Å². The Balaban J connectivity index is 0.00000192. The lowest BCUT2D eigenvalue weighted by Crippen LogP contribution is -2.38. The number of rotatable bonds is 4. The molecule has 0 N–H and O–H groups in total. The Morgan fingerprint density at radius 3 is 2.54 bits per heavy atom. The molecule has 0 bridgehead atoms. The quantitative estimate of drug-likeness (QED) is 0.640. The smallest absolute Gasteiger partial charge is 0.254 e. The maximum Gasteiger partial charge on any atom is 0.254 e. The molecule has 5 heteroatoms. The zero-order valence-electron chi connectivity index (χ0n) is 15.8. The second kappa shape index (κ2) is 7.98. The van der Waals surface area contributed by atoms with Gasteiger partial charge in [0.2, 0.25) is 0 Å². The van der Waals surface area contributed by atoms with E-state index in [1.807, 2.05) is 41.3 Å². The fraction of sp³-hybridized carbons (Fsp3) is 0.348. The number of nitrogens with zero attached hydrogens (tertiary/aromatic N) is 2. The number of piperidine rings is 1. The van der Waals surface area contributed by atoms with Crippen molar-refractivity contribution in [3.05, 3.63) is 71.5 Å². The molecule has 3 heterocycles. The third-order valence-electron chi connectivity index (χ3n) is 5.94. The highest BCUT2D eigenvalue weighted by Gasteiger charge is 2.30. The Morgan fingerprint density at radius 1 is 1.00 bits per heavy atom. The van der Waals surface area contributed by atoms with Gasteiger partial charge in [0.05, 0.1) is 6.54 Å². The van der Waals surface area contributed by atoms with E-state index in [1.165, 1.54) is 10.9 Å². The number of likely N-dealkylation sites (tertiary alicyclic amines) is 1. The molecule has 5 rings (SSSR count).